The molecule has 0 aromatic rings. The van der Waals surface area contributed by atoms with E-state index < -0.39 is 0 Å². The largest absolute Gasteiger partial charge is 0.330 e. The van der Waals surface area contributed by atoms with Crippen LogP contribution in [0.2, 0.25) is 0 Å². The van der Waals surface area contributed by atoms with Crippen LogP contribution in [0.15, 0.2) is 0 Å². The predicted octanol–water partition coefficient (Wildman–Crippen LogP) is 1.36. The zero-order chi connectivity index (χ0) is 8.85. The molecule has 2 heteroatoms. The van der Waals surface area contributed by atoms with Gasteiger partial charge in [0, 0.05) is 12.1 Å². The van der Waals surface area contributed by atoms with Gasteiger partial charge in [-0.15, -0.1) is 0 Å². The minimum Gasteiger partial charge on any atom is -0.330 e. The maximum absolute atomic E-state index is 5.50. The fourth-order valence-corrected chi connectivity index (χ4v) is 1.22. The Morgan fingerprint density at radius 2 is 1.73 bits per heavy atom. The highest BCUT2D eigenvalue weighted by Crippen LogP contribution is 2.05. The Balaban J connectivity index is 3.69. The zero-order valence-electron chi connectivity index (χ0n) is 8.22. The molecule has 3 N–H and O–H groups in total. The van der Waals surface area contributed by atoms with E-state index in [-0.39, 0.29) is 0 Å². The van der Waals surface area contributed by atoms with Gasteiger partial charge >= 0.3 is 0 Å². The molecule has 1 atom stereocenters. The molecule has 0 aromatic carbocycles. The number of nitrogens with one attached hydrogen (secondary N) is 1. The molecule has 0 heterocycles. The van der Waals surface area contributed by atoms with Crippen LogP contribution in [0.1, 0.15) is 34.1 Å². The van der Waals surface area contributed by atoms with Crippen LogP contribution in [-0.4, -0.2) is 18.6 Å². The first-order chi connectivity index (χ1) is 5.07. The Labute approximate surface area is 70.5 Å². The van der Waals surface area contributed by atoms with Crippen molar-refractivity contribution in [2.45, 2.75) is 46.2 Å². The molecule has 0 aliphatic carbocycles. The van der Waals surface area contributed by atoms with E-state index >= 15 is 0 Å². The highest BCUT2D eigenvalue weighted by atomic mass is 14.9. The molecule has 0 bridgehead atoms. The van der Waals surface area contributed by atoms with Crippen molar-refractivity contribution in [1.82, 2.24) is 5.32 Å². The van der Waals surface area contributed by atoms with Crippen molar-refractivity contribution >= 4 is 0 Å². The lowest BCUT2D eigenvalue weighted by molar-refractivity contribution is 0.355. The molecule has 0 aromatic heterocycles. The molecular weight excluding hydrogens is 136 g/mol. The third-order valence-corrected chi connectivity index (χ3v) is 1.83. The zero-order valence-corrected chi connectivity index (χ0v) is 8.22. The molecule has 0 saturated carbocycles. The van der Waals surface area contributed by atoms with E-state index in [0.29, 0.717) is 18.0 Å². The van der Waals surface area contributed by atoms with Crippen LogP contribution >= 0.6 is 0 Å². The van der Waals surface area contributed by atoms with Gasteiger partial charge in [-0.25, -0.2) is 0 Å². The molecule has 0 aliphatic rings. The summed E-state index contributed by atoms with van der Waals surface area (Å²) in [4.78, 5) is 0. The summed E-state index contributed by atoms with van der Waals surface area (Å²) >= 11 is 0. The molecule has 68 valence electrons. The van der Waals surface area contributed by atoms with Crippen LogP contribution in [0, 0.1) is 5.92 Å². The minimum atomic E-state index is 0.564. The van der Waals surface area contributed by atoms with E-state index in [0.717, 1.165) is 13.0 Å². The average Bonchev–Trinajstić information content (AvgIpc) is 1.86. The molecule has 2 nitrogen and oxygen atoms in total. The van der Waals surface area contributed by atoms with E-state index in [1.807, 2.05) is 0 Å². The summed E-state index contributed by atoms with van der Waals surface area (Å²) in [6.45, 7) is 9.59. The third-order valence-electron chi connectivity index (χ3n) is 1.83. The van der Waals surface area contributed by atoms with Crippen molar-refractivity contribution < 1.29 is 0 Å². The molecule has 0 aliphatic heterocycles. The molecule has 0 fully saturated rings. The second-order valence-corrected chi connectivity index (χ2v) is 3.75. The SMILES string of the molecule is CC(C)NC(CCN)C(C)C. The first-order valence-electron chi connectivity index (χ1n) is 4.54. The van der Waals surface area contributed by atoms with Gasteiger partial charge in [-0.05, 0) is 18.9 Å². The number of hydrogen-bond donors (Lipinski definition) is 2. The van der Waals surface area contributed by atoms with Gasteiger partial charge in [0.15, 0.2) is 0 Å². The molecule has 0 radical (unpaired) electrons. The Hall–Kier alpha value is -0.0800. The van der Waals surface area contributed by atoms with Crippen LogP contribution in [0.4, 0.5) is 0 Å². The van der Waals surface area contributed by atoms with Gasteiger partial charge < -0.3 is 11.1 Å². The van der Waals surface area contributed by atoms with Gasteiger partial charge in [-0.3, -0.25) is 0 Å². The number of rotatable bonds is 5. The fraction of sp³-hybridized carbons (Fsp3) is 1.00. The second-order valence-electron chi connectivity index (χ2n) is 3.75. The third kappa shape index (κ3) is 5.22. The monoisotopic (exact) mass is 158 g/mol. The molecule has 0 spiro atoms. The summed E-state index contributed by atoms with van der Waals surface area (Å²) in [7, 11) is 0. The first kappa shape index (κ1) is 10.9. The molecular formula is C9H22N2. The molecule has 0 amide bonds. The first-order valence-corrected chi connectivity index (χ1v) is 4.54. The standard InChI is InChI=1S/C9H22N2/c1-7(2)9(5-6-10)11-8(3)4/h7-9,11H,5-6,10H2,1-4H3. The van der Waals surface area contributed by atoms with E-state index in [1.165, 1.54) is 0 Å². The van der Waals surface area contributed by atoms with E-state index in [2.05, 4.69) is 33.0 Å². The van der Waals surface area contributed by atoms with Crippen molar-refractivity contribution in [3.8, 4) is 0 Å². The van der Waals surface area contributed by atoms with Crippen LogP contribution in [0.25, 0.3) is 0 Å². The van der Waals surface area contributed by atoms with Crippen LogP contribution in [0.3, 0.4) is 0 Å². The quantitative estimate of drug-likeness (QED) is 0.634. The summed E-state index contributed by atoms with van der Waals surface area (Å²) in [5.41, 5.74) is 5.50. The van der Waals surface area contributed by atoms with Crippen LogP contribution < -0.4 is 11.1 Å². The molecule has 0 saturated heterocycles. The lowest BCUT2D eigenvalue weighted by Crippen LogP contribution is -2.39. The smallest absolute Gasteiger partial charge is 0.0104 e. The Kier molecular flexibility index (Phi) is 5.51. The van der Waals surface area contributed by atoms with Gasteiger partial charge in [0.25, 0.3) is 0 Å². The van der Waals surface area contributed by atoms with Crippen molar-refractivity contribution in [2.75, 3.05) is 6.54 Å². The Bertz CT molecular complexity index is 89.6. The Morgan fingerprint density at radius 3 is 2.00 bits per heavy atom. The van der Waals surface area contributed by atoms with Gasteiger partial charge in [-0.1, -0.05) is 27.7 Å². The molecule has 0 rings (SSSR count). The number of nitrogens with two attached hydrogens (primary N) is 1. The van der Waals surface area contributed by atoms with E-state index in [9.17, 15) is 0 Å². The van der Waals surface area contributed by atoms with Crippen molar-refractivity contribution in [3.05, 3.63) is 0 Å². The lowest BCUT2D eigenvalue weighted by Gasteiger charge is -2.24. The molecule has 1 unspecified atom stereocenters. The van der Waals surface area contributed by atoms with Crippen molar-refractivity contribution in [1.29, 1.82) is 0 Å². The van der Waals surface area contributed by atoms with Crippen LogP contribution in [-0.2, 0) is 0 Å². The van der Waals surface area contributed by atoms with Crippen molar-refractivity contribution in [3.63, 3.8) is 0 Å². The summed E-state index contributed by atoms with van der Waals surface area (Å²) in [6.07, 6.45) is 1.08. The summed E-state index contributed by atoms with van der Waals surface area (Å²) in [6, 6.07) is 1.15. The topological polar surface area (TPSA) is 38.0 Å². The predicted molar refractivity (Wildman–Crippen MR) is 50.6 cm³/mol. The van der Waals surface area contributed by atoms with Crippen LogP contribution in [0.5, 0.6) is 0 Å². The van der Waals surface area contributed by atoms with Gasteiger partial charge in [0.05, 0.1) is 0 Å². The van der Waals surface area contributed by atoms with Crippen molar-refractivity contribution in [2.24, 2.45) is 11.7 Å². The second kappa shape index (κ2) is 5.56. The summed E-state index contributed by atoms with van der Waals surface area (Å²) < 4.78 is 0. The van der Waals surface area contributed by atoms with Gasteiger partial charge in [0.2, 0.25) is 0 Å². The normalized spacial score (nSPS) is 14.5. The number of hydrogen-bond acceptors (Lipinski definition) is 2. The highest BCUT2D eigenvalue weighted by molar-refractivity contribution is 4.72. The van der Waals surface area contributed by atoms with Gasteiger partial charge in [0.1, 0.15) is 0 Å². The minimum absolute atomic E-state index is 0.564. The lowest BCUT2D eigenvalue weighted by atomic mass is 10.0. The fourth-order valence-electron chi connectivity index (χ4n) is 1.22. The summed E-state index contributed by atoms with van der Waals surface area (Å²) in [5.74, 6) is 0.681. The van der Waals surface area contributed by atoms with Gasteiger partial charge in [-0.2, -0.15) is 0 Å². The maximum Gasteiger partial charge on any atom is 0.0104 e. The molecule has 11 heavy (non-hydrogen) atoms. The average molecular weight is 158 g/mol. The summed E-state index contributed by atoms with van der Waals surface area (Å²) in [5, 5.41) is 3.50. The highest BCUT2D eigenvalue weighted by Gasteiger charge is 2.12. The Morgan fingerprint density at radius 1 is 1.18 bits per heavy atom. The van der Waals surface area contributed by atoms with E-state index in [1.54, 1.807) is 0 Å². The maximum atomic E-state index is 5.50. The van der Waals surface area contributed by atoms with E-state index in [4.69, 9.17) is 5.73 Å².